The molecule has 4 nitrogen and oxygen atoms in total. The molecule has 1 heterocycles. The zero-order valence-electron chi connectivity index (χ0n) is 16.1. The van der Waals surface area contributed by atoms with Crippen LogP contribution in [0.3, 0.4) is 0 Å². The highest BCUT2D eigenvalue weighted by atomic mass is 16.3. The molecule has 26 heavy (non-hydrogen) atoms. The smallest absolute Gasteiger partial charge is 0.0813 e. The monoisotopic (exact) mass is 359 g/mol. The molecule has 3 N–H and O–H groups in total. The van der Waals surface area contributed by atoms with E-state index in [9.17, 15) is 15.3 Å². The van der Waals surface area contributed by atoms with Crippen LogP contribution in [0.4, 0.5) is 0 Å². The van der Waals surface area contributed by atoms with Crippen LogP contribution in [-0.2, 0) is 0 Å². The van der Waals surface area contributed by atoms with E-state index in [1.807, 2.05) is 0 Å². The van der Waals surface area contributed by atoms with Crippen molar-refractivity contribution in [2.75, 3.05) is 13.1 Å². The van der Waals surface area contributed by atoms with E-state index in [4.69, 9.17) is 0 Å². The Morgan fingerprint density at radius 1 is 1.19 bits per heavy atom. The lowest BCUT2D eigenvalue weighted by Gasteiger charge is -2.65. The van der Waals surface area contributed by atoms with Crippen molar-refractivity contribution in [2.45, 2.75) is 70.3 Å². The molecule has 7 bridgehead atoms. The van der Waals surface area contributed by atoms with Crippen molar-refractivity contribution >= 4 is 0 Å². The van der Waals surface area contributed by atoms with Crippen LogP contribution in [0, 0.1) is 39.9 Å². The van der Waals surface area contributed by atoms with Gasteiger partial charge in [-0.2, -0.15) is 0 Å². The van der Waals surface area contributed by atoms with E-state index < -0.39 is 12.2 Å². The molecule has 1 saturated heterocycles. The topological polar surface area (TPSA) is 63.9 Å². The maximum Gasteiger partial charge on any atom is 0.0813 e. The second-order valence-electron chi connectivity index (χ2n) is 10.9. The van der Waals surface area contributed by atoms with E-state index in [0.717, 1.165) is 50.8 Å². The zero-order chi connectivity index (χ0) is 18.2. The maximum atomic E-state index is 11.5. The number of hydrogen-bond acceptors (Lipinski definition) is 4. The molecule has 0 amide bonds. The lowest BCUT2D eigenvalue weighted by Crippen LogP contribution is -2.68. The Morgan fingerprint density at radius 3 is 2.69 bits per heavy atom. The van der Waals surface area contributed by atoms with E-state index >= 15 is 0 Å². The highest BCUT2D eigenvalue weighted by Crippen LogP contribution is 2.83. The summed E-state index contributed by atoms with van der Waals surface area (Å²) in [5, 5.41) is 33.8. The predicted molar refractivity (Wildman–Crippen MR) is 98.2 cm³/mol. The lowest BCUT2D eigenvalue weighted by atomic mass is 9.43. The minimum absolute atomic E-state index is 0.0547. The van der Waals surface area contributed by atoms with Gasteiger partial charge < -0.3 is 15.3 Å². The molecule has 1 aliphatic heterocycles. The van der Waals surface area contributed by atoms with Crippen LogP contribution in [0.15, 0.2) is 12.2 Å². The van der Waals surface area contributed by atoms with E-state index in [-0.39, 0.29) is 34.2 Å². The highest BCUT2D eigenvalue weighted by Gasteiger charge is 2.85. The van der Waals surface area contributed by atoms with Crippen molar-refractivity contribution < 1.29 is 15.3 Å². The van der Waals surface area contributed by atoms with Gasteiger partial charge in [-0.3, -0.25) is 4.90 Å². The first kappa shape index (κ1) is 16.5. The van der Waals surface area contributed by atoms with Gasteiger partial charge in [-0.05, 0) is 67.4 Å². The minimum atomic E-state index is -0.500. The Labute approximate surface area is 156 Å². The molecule has 0 radical (unpaired) electrons. The third kappa shape index (κ3) is 1.37. The lowest BCUT2D eigenvalue weighted by molar-refractivity contribution is -0.218. The summed E-state index contributed by atoms with van der Waals surface area (Å²) in [5.41, 5.74) is 0.849. The standard InChI is InChI=1S/C22H33NO3/c1-4-23-10-20(3)6-5-17(25)22-15(20)7-13(18(22)23)21-9-12(11(2)19(21)26)14(24)8-16(21)22/h12-19,24-26H,2,4-10H2,1,3H3/t12-,13+,14+,15-,16+,17-,18-,19-,20+,21+,22+/m1/s1. The molecular formula is C22H33NO3. The average molecular weight is 360 g/mol. The molecule has 11 atom stereocenters. The number of piperidine rings is 1. The van der Waals surface area contributed by atoms with Gasteiger partial charge in [-0.15, -0.1) is 0 Å². The molecule has 6 rings (SSSR count). The predicted octanol–water partition coefficient (Wildman–Crippen LogP) is 1.79. The van der Waals surface area contributed by atoms with E-state index in [1.54, 1.807) is 0 Å². The van der Waals surface area contributed by atoms with Gasteiger partial charge in [0.25, 0.3) is 0 Å². The van der Waals surface area contributed by atoms with Gasteiger partial charge in [-0.1, -0.05) is 20.4 Å². The van der Waals surface area contributed by atoms with Crippen LogP contribution < -0.4 is 0 Å². The van der Waals surface area contributed by atoms with Gasteiger partial charge in [0.1, 0.15) is 0 Å². The second kappa shape index (κ2) is 4.59. The first-order chi connectivity index (χ1) is 12.3. The molecule has 0 aromatic heterocycles. The number of rotatable bonds is 1. The van der Waals surface area contributed by atoms with Crippen molar-refractivity contribution in [3.8, 4) is 0 Å². The van der Waals surface area contributed by atoms with Gasteiger partial charge in [0.15, 0.2) is 0 Å². The fourth-order valence-electron chi connectivity index (χ4n) is 9.97. The zero-order valence-corrected chi connectivity index (χ0v) is 16.1. The van der Waals surface area contributed by atoms with Crippen LogP contribution in [0.25, 0.3) is 0 Å². The Hall–Kier alpha value is -0.420. The van der Waals surface area contributed by atoms with Crippen LogP contribution >= 0.6 is 0 Å². The van der Waals surface area contributed by atoms with Gasteiger partial charge in [0, 0.05) is 29.3 Å². The van der Waals surface area contributed by atoms with E-state index in [0.29, 0.717) is 17.9 Å². The summed E-state index contributed by atoms with van der Waals surface area (Å²) in [7, 11) is 0. The molecule has 0 aromatic rings. The van der Waals surface area contributed by atoms with Crippen LogP contribution in [-0.4, -0.2) is 57.7 Å². The Kier molecular flexibility index (Phi) is 2.92. The summed E-state index contributed by atoms with van der Waals surface area (Å²) >= 11 is 0. The molecule has 2 spiro atoms. The van der Waals surface area contributed by atoms with Gasteiger partial charge >= 0.3 is 0 Å². The highest BCUT2D eigenvalue weighted by molar-refractivity contribution is 5.39. The third-order valence-electron chi connectivity index (χ3n) is 10.6. The number of nitrogens with zero attached hydrogens (tertiary/aromatic N) is 1. The number of aliphatic hydroxyl groups is 3. The third-order valence-corrected chi connectivity index (χ3v) is 10.6. The van der Waals surface area contributed by atoms with Gasteiger partial charge in [0.05, 0.1) is 18.3 Å². The summed E-state index contributed by atoms with van der Waals surface area (Å²) in [6, 6.07) is 0.373. The fraction of sp³-hybridized carbons (Fsp3) is 0.909. The molecular weight excluding hydrogens is 326 g/mol. The van der Waals surface area contributed by atoms with Crippen LogP contribution in [0.5, 0.6) is 0 Å². The molecule has 6 aliphatic rings. The molecule has 0 aromatic carbocycles. The van der Waals surface area contributed by atoms with Crippen molar-refractivity contribution in [1.82, 2.24) is 4.90 Å². The molecule has 144 valence electrons. The van der Waals surface area contributed by atoms with Crippen molar-refractivity contribution in [1.29, 1.82) is 0 Å². The van der Waals surface area contributed by atoms with Gasteiger partial charge in [-0.25, -0.2) is 0 Å². The maximum absolute atomic E-state index is 11.5. The normalized spacial score (nSPS) is 65.5. The van der Waals surface area contributed by atoms with E-state index in [2.05, 4.69) is 25.3 Å². The SMILES string of the molecule is C=C1[C@H]2C[C@]3([C@@H]1O)[C@H]1C[C@@H]4[C@@]5(C)CC[C@@H](O)[C@@]4([C@@H]1N(CC)C5)[C@H]3C[C@@H]2O. The number of hydrogen-bond donors (Lipinski definition) is 3. The van der Waals surface area contributed by atoms with Crippen LogP contribution in [0.2, 0.25) is 0 Å². The first-order valence-corrected chi connectivity index (χ1v) is 10.8. The summed E-state index contributed by atoms with van der Waals surface area (Å²) < 4.78 is 0. The molecule has 0 unspecified atom stereocenters. The molecule has 6 fully saturated rings. The summed E-state index contributed by atoms with van der Waals surface area (Å²) in [4.78, 5) is 2.65. The largest absolute Gasteiger partial charge is 0.392 e. The second-order valence-corrected chi connectivity index (χ2v) is 10.9. The van der Waals surface area contributed by atoms with Crippen LogP contribution in [0.1, 0.15) is 46.0 Å². The average Bonchev–Trinajstić information content (AvgIpc) is 3.14. The quantitative estimate of drug-likeness (QED) is 0.625. The van der Waals surface area contributed by atoms with E-state index in [1.165, 1.54) is 0 Å². The van der Waals surface area contributed by atoms with Crippen molar-refractivity contribution in [3.05, 3.63) is 12.2 Å². The summed E-state index contributed by atoms with van der Waals surface area (Å²) in [6.45, 7) is 11.1. The summed E-state index contributed by atoms with van der Waals surface area (Å²) in [6.07, 6.45) is 3.58. The Bertz CT molecular complexity index is 695. The Morgan fingerprint density at radius 2 is 1.96 bits per heavy atom. The molecule has 5 aliphatic carbocycles. The molecule has 4 heteroatoms. The Balaban J connectivity index is 1.61. The number of aliphatic hydroxyl groups excluding tert-OH is 3. The minimum Gasteiger partial charge on any atom is -0.392 e. The van der Waals surface area contributed by atoms with Crippen molar-refractivity contribution in [2.24, 2.45) is 39.9 Å². The first-order valence-electron chi connectivity index (χ1n) is 10.8. The van der Waals surface area contributed by atoms with Gasteiger partial charge in [0.2, 0.25) is 0 Å². The molecule has 5 saturated carbocycles. The number of fused-ring (bicyclic) bond motifs is 1. The fourth-order valence-corrected chi connectivity index (χ4v) is 9.97. The van der Waals surface area contributed by atoms with Crippen molar-refractivity contribution in [3.63, 3.8) is 0 Å². The summed E-state index contributed by atoms with van der Waals surface area (Å²) in [5.74, 6) is 1.26. The number of likely N-dealkylation sites (tertiary alicyclic amines) is 1.